The van der Waals surface area contributed by atoms with Crippen LogP contribution in [-0.4, -0.2) is 63.5 Å². The van der Waals surface area contributed by atoms with Crippen molar-refractivity contribution in [3.63, 3.8) is 0 Å². The number of carbonyl (C=O) groups excluding carboxylic acids is 1. The first-order chi connectivity index (χ1) is 14.2. The molecule has 0 unspecified atom stereocenters. The minimum absolute atomic E-state index is 0.0736. The normalized spacial score (nSPS) is 26.6. The number of aromatic nitrogens is 1. The third-order valence-electron chi connectivity index (χ3n) is 5.30. The first-order valence-electron chi connectivity index (χ1n) is 9.40. The Morgan fingerprint density at radius 3 is 2.63 bits per heavy atom. The maximum Gasteiger partial charge on any atom is 0.433 e. The summed E-state index contributed by atoms with van der Waals surface area (Å²) < 4.78 is 44.1. The lowest BCUT2D eigenvalue weighted by molar-refractivity contribution is -0.145. The fourth-order valence-corrected chi connectivity index (χ4v) is 3.71. The Kier molecular flexibility index (Phi) is 5.39. The highest BCUT2D eigenvalue weighted by atomic mass is 19.4. The van der Waals surface area contributed by atoms with Gasteiger partial charge in [0.05, 0.1) is 19.2 Å². The monoisotopic (exact) mass is 423 g/mol. The summed E-state index contributed by atoms with van der Waals surface area (Å²) in [6, 6.07) is 9.70. The Morgan fingerprint density at radius 1 is 1.13 bits per heavy atom. The molecule has 2 aliphatic heterocycles. The summed E-state index contributed by atoms with van der Waals surface area (Å²) in [7, 11) is 0. The van der Waals surface area contributed by atoms with E-state index in [1.807, 2.05) is 12.1 Å². The predicted molar refractivity (Wildman–Crippen MR) is 99.6 cm³/mol. The van der Waals surface area contributed by atoms with Crippen LogP contribution in [0.1, 0.15) is 21.6 Å². The van der Waals surface area contributed by atoms with E-state index in [0.29, 0.717) is 12.1 Å². The SMILES string of the molecule is O=C1c2ccccc2CN1C[C@H]1OC[C@H](Nc2cccc(C(F)(F)F)n2)[C@@H](O)[C@H]1O. The molecule has 1 aromatic carbocycles. The van der Waals surface area contributed by atoms with Crippen molar-refractivity contribution in [1.29, 1.82) is 0 Å². The van der Waals surface area contributed by atoms with Gasteiger partial charge in [0.2, 0.25) is 0 Å². The van der Waals surface area contributed by atoms with Crippen molar-refractivity contribution in [1.82, 2.24) is 9.88 Å². The molecule has 4 rings (SSSR count). The number of carbonyl (C=O) groups is 1. The van der Waals surface area contributed by atoms with Crippen LogP contribution in [0.4, 0.5) is 19.0 Å². The molecule has 3 N–H and O–H groups in total. The van der Waals surface area contributed by atoms with Crippen molar-refractivity contribution in [2.75, 3.05) is 18.5 Å². The zero-order valence-electron chi connectivity index (χ0n) is 15.7. The summed E-state index contributed by atoms with van der Waals surface area (Å²) in [6.45, 7) is 0.392. The van der Waals surface area contributed by atoms with Gasteiger partial charge in [0.15, 0.2) is 0 Å². The molecule has 4 atom stereocenters. The maximum atomic E-state index is 12.8. The molecule has 0 spiro atoms. The van der Waals surface area contributed by atoms with E-state index in [0.717, 1.165) is 11.6 Å². The highest BCUT2D eigenvalue weighted by Crippen LogP contribution is 2.29. The molecular weight excluding hydrogens is 403 g/mol. The first kappa shape index (κ1) is 20.6. The van der Waals surface area contributed by atoms with E-state index in [-0.39, 0.29) is 24.9 Å². The maximum absolute atomic E-state index is 12.8. The summed E-state index contributed by atoms with van der Waals surface area (Å²) in [6.07, 6.45) is -8.08. The molecule has 160 valence electrons. The quantitative estimate of drug-likeness (QED) is 0.693. The lowest BCUT2D eigenvalue weighted by Gasteiger charge is -2.39. The molecule has 2 aromatic rings. The van der Waals surface area contributed by atoms with Gasteiger partial charge in [-0.15, -0.1) is 0 Å². The smallest absolute Gasteiger partial charge is 0.388 e. The third-order valence-corrected chi connectivity index (χ3v) is 5.30. The van der Waals surface area contributed by atoms with E-state index in [1.54, 1.807) is 12.1 Å². The van der Waals surface area contributed by atoms with Gasteiger partial charge >= 0.3 is 6.18 Å². The fraction of sp³-hybridized carbons (Fsp3) is 0.400. The number of hydrogen-bond donors (Lipinski definition) is 3. The van der Waals surface area contributed by atoms with Gasteiger partial charge in [-0.1, -0.05) is 24.3 Å². The number of nitrogens with one attached hydrogen (secondary N) is 1. The number of rotatable bonds is 4. The van der Waals surface area contributed by atoms with E-state index in [2.05, 4.69) is 10.3 Å². The lowest BCUT2D eigenvalue weighted by Crippen LogP contribution is -2.58. The highest BCUT2D eigenvalue weighted by molar-refractivity contribution is 5.98. The van der Waals surface area contributed by atoms with E-state index >= 15 is 0 Å². The van der Waals surface area contributed by atoms with Crippen LogP contribution in [0.15, 0.2) is 42.5 Å². The number of aliphatic hydroxyl groups excluding tert-OH is 2. The number of anilines is 1. The average molecular weight is 423 g/mol. The van der Waals surface area contributed by atoms with Crippen LogP contribution >= 0.6 is 0 Å². The van der Waals surface area contributed by atoms with Crippen LogP contribution in [-0.2, 0) is 17.5 Å². The molecule has 1 aromatic heterocycles. The Balaban J connectivity index is 1.39. The predicted octanol–water partition coefficient (Wildman–Crippen LogP) is 1.66. The van der Waals surface area contributed by atoms with Gasteiger partial charge in [0.1, 0.15) is 29.8 Å². The Labute approximate surface area is 170 Å². The molecule has 2 aliphatic rings. The number of alkyl halides is 3. The molecule has 30 heavy (non-hydrogen) atoms. The lowest BCUT2D eigenvalue weighted by atomic mass is 9.97. The molecule has 10 heteroatoms. The van der Waals surface area contributed by atoms with E-state index in [4.69, 9.17) is 4.74 Å². The summed E-state index contributed by atoms with van der Waals surface area (Å²) in [4.78, 5) is 17.5. The molecule has 0 radical (unpaired) electrons. The summed E-state index contributed by atoms with van der Waals surface area (Å²) >= 11 is 0. The van der Waals surface area contributed by atoms with E-state index in [9.17, 15) is 28.2 Å². The van der Waals surface area contributed by atoms with Crippen LogP contribution in [0.2, 0.25) is 0 Å². The molecule has 0 bridgehead atoms. The second kappa shape index (κ2) is 7.86. The van der Waals surface area contributed by atoms with E-state index < -0.39 is 36.2 Å². The molecular formula is C20H20F3N3O4. The zero-order chi connectivity index (χ0) is 21.5. The van der Waals surface area contributed by atoms with Crippen molar-refractivity contribution in [3.05, 3.63) is 59.3 Å². The van der Waals surface area contributed by atoms with Gasteiger partial charge in [-0.3, -0.25) is 4.79 Å². The third kappa shape index (κ3) is 3.98. The summed E-state index contributed by atoms with van der Waals surface area (Å²) in [5.74, 6) is -0.266. The number of amides is 1. The van der Waals surface area contributed by atoms with E-state index in [1.165, 1.54) is 17.0 Å². The standard InChI is InChI=1S/C20H20F3N3O4/c21-20(22,23)15-6-3-7-16(25-15)24-13-10-30-14(18(28)17(13)27)9-26-8-11-4-1-2-5-12(11)19(26)29/h1-7,13-14,17-18,27-28H,8-10H2,(H,24,25)/t13-,14+,17+,18-/m0/s1. The topological polar surface area (TPSA) is 94.9 Å². The van der Waals surface area contributed by atoms with Gasteiger partial charge in [0.25, 0.3) is 5.91 Å². The number of fused-ring (bicyclic) bond motifs is 1. The summed E-state index contributed by atoms with van der Waals surface area (Å²) in [5, 5.41) is 23.6. The Bertz CT molecular complexity index is 940. The van der Waals surface area contributed by atoms with Gasteiger partial charge in [-0.05, 0) is 23.8 Å². The average Bonchev–Trinajstić information content (AvgIpc) is 3.03. The van der Waals surface area contributed by atoms with Gasteiger partial charge < -0.3 is 25.2 Å². The van der Waals surface area contributed by atoms with Crippen molar-refractivity contribution in [2.45, 2.75) is 37.1 Å². The Hall–Kier alpha value is -2.69. The van der Waals surface area contributed by atoms with Crippen molar-refractivity contribution >= 4 is 11.7 Å². The number of hydrogen-bond acceptors (Lipinski definition) is 6. The van der Waals surface area contributed by atoms with Gasteiger partial charge in [-0.2, -0.15) is 13.2 Å². The second-order valence-corrected chi connectivity index (χ2v) is 7.35. The summed E-state index contributed by atoms with van der Waals surface area (Å²) in [5.41, 5.74) is 0.409. The molecule has 0 saturated carbocycles. The molecule has 1 saturated heterocycles. The van der Waals surface area contributed by atoms with Crippen LogP contribution in [0.3, 0.4) is 0 Å². The van der Waals surface area contributed by atoms with Crippen LogP contribution in [0.5, 0.6) is 0 Å². The van der Waals surface area contributed by atoms with Crippen LogP contribution in [0.25, 0.3) is 0 Å². The number of ether oxygens (including phenoxy) is 1. The zero-order valence-corrected chi connectivity index (χ0v) is 15.7. The van der Waals surface area contributed by atoms with Gasteiger partial charge in [0, 0.05) is 12.1 Å². The first-order valence-corrected chi connectivity index (χ1v) is 9.40. The number of pyridine rings is 1. The minimum Gasteiger partial charge on any atom is -0.388 e. The van der Waals surface area contributed by atoms with Gasteiger partial charge in [-0.25, -0.2) is 4.98 Å². The molecule has 1 amide bonds. The largest absolute Gasteiger partial charge is 0.433 e. The second-order valence-electron chi connectivity index (χ2n) is 7.35. The molecule has 3 heterocycles. The Morgan fingerprint density at radius 2 is 1.90 bits per heavy atom. The highest BCUT2D eigenvalue weighted by Gasteiger charge is 2.41. The fourth-order valence-electron chi connectivity index (χ4n) is 3.71. The minimum atomic E-state index is -4.59. The number of halogens is 3. The van der Waals surface area contributed by atoms with Crippen LogP contribution < -0.4 is 5.32 Å². The number of benzene rings is 1. The number of aliphatic hydroxyl groups is 2. The van der Waals surface area contributed by atoms with Crippen molar-refractivity contribution in [2.24, 2.45) is 0 Å². The molecule has 0 aliphatic carbocycles. The van der Waals surface area contributed by atoms with Crippen LogP contribution in [0, 0.1) is 0 Å². The molecule has 7 nitrogen and oxygen atoms in total. The van der Waals surface area contributed by atoms with Crippen molar-refractivity contribution in [3.8, 4) is 0 Å². The number of nitrogens with zero attached hydrogens (tertiary/aromatic N) is 2. The molecule has 1 fully saturated rings. The van der Waals surface area contributed by atoms with Crippen molar-refractivity contribution < 1.29 is 32.9 Å².